The zero-order chi connectivity index (χ0) is 17.8. The van der Waals surface area contributed by atoms with Gasteiger partial charge in [0.25, 0.3) is 5.91 Å². The quantitative estimate of drug-likeness (QED) is 0.683. The van der Waals surface area contributed by atoms with Gasteiger partial charge < -0.3 is 15.8 Å². The molecule has 2 heterocycles. The Hall–Kier alpha value is -2.60. The number of para-hydroxylation sites is 2. The second-order valence-corrected chi connectivity index (χ2v) is 6.76. The van der Waals surface area contributed by atoms with Crippen molar-refractivity contribution in [3.63, 3.8) is 0 Å². The molecule has 0 atom stereocenters. The third-order valence-corrected chi connectivity index (χ3v) is 5.11. The highest BCUT2D eigenvalue weighted by molar-refractivity contribution is 7.21. The Balaban J connectivity index is 1.89. The maximum atomic E-state index is 12.7. The Morgan fingerprint density at radius 1 is 1.28 bits per heavy atom. The second-order valence-electron chi connectivity index (χ2n) is 5.76. The molecule has 3 aromatic rings. The molecular formula is C19H21N3O2S. The molecule has 0 spiro atoms. The smallest absolute Gasteiger partial charge is 0.268 e. The van der Waals surface area contributed by atoms with Gasteiger partial charge in [-0.1, -0.05) is 25.5 Å². The number of carbonyl (C=O) groups is 1. The van der Waals surface area contributed by atoms with Crippen LogP contribution in [0, 0.1) is 0 Å². The highest BCUT2D eigenvalue weighted by Gasteiger charge is 2.18. The minimum Gasteiger partial charge on any atom is -0.495 e. The van der Waals surface area contributed by atoms with Gasteiger partial charge >= 0.3 is 0 Å². The number of fused-ring (bicyclic) bond motifs is 1. The fourth-order valence-corrected chi connectivity index (χ4v) is 3.64. The van der Waals surface area contributed by atoms with E-state index in [1.165, 1.54) is 11.3 Å². The number of thiophene rings is 1. The van der Waals surface area contributed by atoms with Gasteiger partial charge in [0, 0.05) is 11.1 Å². The molecule has 0 aliphatic rings. The van der Waals surface area contributed by atoms with Gasteiger partial charge in [0.2, 0.25) is 0 Å². The summed E-state index contributed by atoms with van der Waals surface area (Å²) in [6.45, 7) is 2.15. The predicted octanol–water partition coefficient (Wildman–Crippen LogP) is 4.48. The number of carbonyl (C=O) groups excluding carboxylic acids is 1. The zero-order valence-electron chi connectivity index (χ0n) is 14.3. The maximum absolute atomic E-state index is 12.7. The molecule has 0 unspecified atom stereocenters. The molecule has 3 N–H and O–H groups in total. The molecule has 5 nitrogen and oxygen atoms in total. The van der Waals surface area contributed by atoms with Gasteiger partial charge in [-0.25, -0.2) is 4.98 Å². The lowest BCUT2D eigenvalue weighted by Gasteiger charge is -2.09. The van der Waals surface area contributed by atoms with Crippen molar-refractivity contribution < 1.29 is 9.53 Å². The summed E-state index contributed by atoms with van der Waals surface area (Å²) in [4.78, 5) is 18.6. The molecule has 0 saturated carbocycles. The predicted molar refractivity (Wildman–Crippen MR) is 104 cm³/mol. The maximum Gasteiger partial charge on any atom is 0.268 e. The van der Waals surface area contributed by atoms with E-state index in [9.17, 15) is 4.79 Å². The molecule has 3 rings (SSSR count). The van der Waals surface area contributed by atoms with E-state index >= 15 is 0 Å². The first-order valence-electron chi connectivity index (χ1n) is 8.26. The number of aromatic nitrogens is 1. The lowest BCUT2D eigenvalue weighted by atomic mass is 10.1. The number of anilines is 2. The molecule has 130 valence electrons. The molecule has 25 heavy (non-hydrogen) atoms. The number of rotatable bonds is 6. The summed E-state index contributed by atoms with van der Waals surface area (Å²) >= 11 is 1.32. The largest absolute Gasteiger partial charge is 0.495 e. The van der Waals surface area contributed by atoms with E-state index in [0.717, 1.165) is 35.2 Å². The van der Waals surface area contributed by atoms with Crippen LogP contribution >= 0.6 is 11.3 Å². The van der Waals surface area contributed by atoms with Crippen LogP contribution < -0.4 is 15.8 Å². The van der Waals surface area contributed by atoms with Crippen molar-refractivity contribution in [2.45, 2.75) is 26.2 Å². The van der Waals surface area contributed by atoms with Crippen LogP contribution in [0.3, 0.4) is 0 Å². The number of nitrogen functional groups attached to an aromatic ring is 1. The number of ether oxygens (including phenoxy) is 1. The summed E-state index contributed by atoms with van der Waals surface area (Å²) < 4.78 is 5.27. The third kappa shape index (κ3) is 3.58. The molecule has 2 aromatic heterocycles. The summed E-state index contributed by atoms with van der Waals surface area (Å²) in [5.41, 5.74) is 8.32. The van der Waals surface area contributed by atoms with Crippen LogP contribution in [0.1, 0.15) is 35.1 Å². The number of hydrogen-bond acceptors (Lipinski definition) is 5. The minimum absolute atomic E-state index is 0.250. The van der Waals surface area contributed by atoms with Crippen LogP contribution in [0.4, 0.5) is 11.4 Å². The molecule has 0 fully saturated rings. The summed E-state index contributed by atoms with van der Waals surface area (Å²) in [5.74, 6) is 0.357. The van der Waals surface area contributed by atoms with Gasteiger partial charge in [0.15, 0.2) is 0 Å². The molecular weight excluding hydrogens is 334 g/mol. The molecule has 6 heteroatoms. The van der Waals surface area contributed by atoms with Crippen LogP contribution in [-0.4, -0.2) is 18.0 Å². The van der Waals surface area contributed by atoms with E-state index in [4.69, 9.17) is 10.5 Å². The molecule has 1 aromatic carbocycles. The summed E-state index contributed by atoms with van der Waals surface area (Å²) in [5, 5.41) is 3.70. The minimum atomic E-state index is -0.250. The van der Waals surface area contributed by atoms with Crippen molar-refractivity contribution in [3.8, 4) is 5.75 Å². The van der Waals surface area contributed by atoms with E-state index in [0.29, 0.717) is 22.0 Å². The van der Waals surface area contributed by atoms with Gasteiger partial charge in [-0.2, -0.15) is 0 Å². The highest BCUT2D eigenvalue weighted by Crippen LogP contribution is 2.34. The highest BCUT2D eigenvalue weighted by atomic mass is 32.1. The lowest BCUT2D eigenvalue weighted by Crippen LogP contribution is -2.12. The third-order valence-electron chi connectivity index (χ3n) is 4.00. The number of nitrogens with two attached hydrogens (primary N) is 1. The fraction of sp³-hybridized carbons (Fsp3) is 0.263. The van der Waals surface area contributed by atoms with Gasteiger partial charge in [-0.05, 0) is 37.1 Å². The number of methoxy groups -OCH3 is 1. The number of aryl methyl sites for hydroxylation is 1. The van der Waals surface area contributed by atoms with Crippen LogP contribution in [0.5, 0.6) is 5.75 Å². The zero-order valence-corrected chi connectivity index (χ0v) is 15.2. The summed E-state index contributed by atoms with van der Waals surface area (Å²) in [6, 6.07) is 11.2. The number of unbranched alkanes of at least 4 members (excludes halogenated alkanes) is 1. The van der Waals surface area contributed by atoms with Crippen molar-refractivity contribution in [3.05, 3.63) is 47.0 Å². The van der Waals surface area contributed by atoms with Crippen molar-refractivity contribution in [2.24, 2.45) is 0 Å². The number of amides is 1. The topological polar surface area (TPSA) is 77.2 Å². The van der Waals surface area contributed by atoms with E-state index in [-0.39, 0.29) is 5.91 Å². The number of pyridine rings is 1. The number of hydrogen-bond donors (Lipinski definition) is 2. The van der Waals surface area contributed by atoms with Crippen molar-refractivity contribution in [1.29, 1.82) is 0 Å². The standard InChI is InChI=1S/C19H21N3O2S/c1-3-4-7-12-10-11-13-16(20)17(25-19(13)21-12)18(23)22-14-8-5-6-9-15(14)24-2/h5-6,8-11H,3-4,7,20H2,1-2H3,(H,22,23). The molecule has 0 radical (unpaired) electrons. The summed E-state index contributed by atoms with van der Waals surface area (Å²) in [6.07, 6.45) is 3.16. The molecule has 0 aliphatic heterocycles. The van der Waals surface area contributed by atoms with E-state index in [2.05, 4.69) is 17.2 Å². The van der Waals surface area contributed by atoms with Crippen LogP contribution in [0.2, 0.25) is 0 Å². The average molecular weight is 355 g/mol. The van der Waals surface area contributed by atoms with Gasteiger partial charge in [0.1, 0.15) is 15.5 Å². The molecule has 0 bridgehead atoms. The first-order chi connectivity index (χ1) is 12.1. The van der Waals surface area contributed by atoms with Gasteiger partial charge in [-0.3, -0.25) is 4.79 Å². The van der Waals surface area contributed by atoms with Crippen molar-refractivity contribution in [2.75, 3.05) is 18.2 Å². The average Bonchev–Trinajstić information content (AvgIpc) is 2.96. The lowest BCUT2D eigenvalue weighted by molar-refractivity contribution is 0.103. The monoisotopic (exact) mass is 355 g/mol. The second kappa shape index (κ2) is 7.53. The van der Waals surface area contributed by atoms with Crippen molar-refractivity contribution in [1.82, 2.24) is 4.98 Å². The number of benzene rings is 1. The van der Waals surface area contributed by atoms with Crippen LogP contribution in [0.15, 0.2) is 36.4 Å². The van der Waals surface area contributed by atoms with Crippen LogP contribution in [-0.2, 0) is 6.42 Å². The van der Waals surface area contributed by atoms with E-state index in [1.54, 1.807) is 19.2 Å². The van der Waals surface area contributed by atoms with Gasteiger partial charge in [0.05, 0.1) is 18.5 Å². The SMILES string of the molecule is CCCCc1ccc2c(N)c(C(=O)Nc3ccccc3OC)sc2n1. The van der Waals surface area contributed by atoms with E-state index in [1.807, 2.05) is 24.3 Å². The first kappa shape index (κ1) is 17.2. The fourth-order valence-electron chi connectivity index (χ4n) is 2.63. The Kier molecular flexibility index (Phi) is 5.19. The Morgan fingerprint density at radius 2 is 2.08 bits per heavy atom. The van der Waals surface area contributed by atoms with Gasteiger partial charge in [-0.15, -0.1) is 11.3 Å². The normalized spacial score (nSPS) is 10.8. The Morgan fingerprint density at radius 3 is 2.84 bits per heavy atom. The molecule has 0 aliphatic carbocycles. The van der Waals surface area contributed by atoms with Crippen molar-refractivity contribution >= 4 is 38.8 Å². The molecule has 0 saturated heterocycles. The Bertz CT molecular complexity index is 905. The first-order valence-corrected chi connectivity index (χ1v) is 9.08. The van der Waals surface area contributed by atoms with Crippen LogP contribution in [0.25, 0.3) is 10.2 Å². The number of nitrogens with zero attached hydrogens (tertiary/aromatic N) is 1. The Labute approximate surface area is 150 Å². The molecule has 1 amide bonds. The number of nitrogens with one attached hydrogen (secondary N) is 1. The van der Waals surface area contributed by atoms with E-state index < -0.39 is 0 Å². The summed E-state index contributed by atoms with van der Waals surface area (Å²) in [7, 11) is 1.57.